The molecule has 1 aliphatic heterocycles. The third-order valence-corrected chi connectivity index (χ3v) is 6.16. The minimum Gasteiger partial charge on any atom is -0.463 e. The molecule has 7 nitrogen and oxygen atoms in total. The van der Waals surface area contributed by atoms with Gasteiger partial charge in [-0.05, 0) is 18.2 Å². The van der Waals surface area contributed by atoms with Crippen molar-refractivity contribution < 1.29 is 27.5 Å². The van der Waals surface area contributed by atoms with Crippen LogP contribution in [0.3, 0.4) is 0 Å². The molecule has 1 unspecified atom stereocenters. The van der Waals surface area contributed by atoms with E-state index in [0.717, 1.165) is 0 Å². The molecule has 1 aromatic rings. The number of halogens is 1. The van der Waals surface area contributed by atoms with Gasteiger partial charge >= 0.3 is 11.9 Å². The standard InChI is InChI=1S/C15H18ClNO6S/c1-3-17(4-2)24(20,21)13-9-10(5-6-11(13)16)14(18)23-12-7-8-22-15(12)19/h5-6,9,12H,3-4,7-8H2,1-2H3. The monoisotopic (exact) mass is 375 g/mol. The number of benzene rings is 1. The van der Waals surface area contributed by atoms with Crippen molar-refractivity contribution in [1.82, 2.24) is 4.31 Å². The fraction of sp³-hybridized carbons (Fsp3) is 0.467. The van der Waals surface area contributed by atoms with E-state index in [9.17, 15) is 18.0 Å². The summed E-state index contributed by atoms with van der Waals surface area (Å²) in [4.78, 5) is 23.4. The van der Waals surface area contributed by atoms with Crippen LogP contribution in [0.1, 0.15) is 30.6 Å². The first kappa shape index (κ1) is 18.7. The van der Waals surface area contributed by atoms with Gasteiger partial charge in [-0.15, -0.1) is 0 Å². The van der Waals surface area contributed by atoms with Crippen LogP contribution in [0.15, 0.2) is 23.1 Å². The molecule has 2 rings (SSSR count). The highest BCUT2D eigenvalue weighted by atomic mass is 35.5. The lowest BCUT2D eigenvalue weighted by Crippen LogP contribution is -2.31. The Bertz CT molecular complexity index is 744. The number of cyclic esters (lactones) is 1. The molecule has 0 radical (unpaired) electrons. The van der Waals surface area contributed by atoms with Crippen molar-refractivity contribution in [2.75, 3.05) is 19.7 Å². The summed E-state index contributed by atoms with van der Waals surface area (Å²) < 4.78 is 36.2. The Balaban J connectivity index is 2.31. The van der Waals surface area contributed by atoms with E-state index < -0.39 is 28.1 Å². The Morgan fingerprint density at radius 3 is 2.58 bits per heavy atom. The van der Waals surface area contributed by atoms with E-state index >= 15 is 0 Å². The summed E-state index contributed by atoms with van der Waals surface area (Å²) in [7, 11) is -3.82. The van der Waals surface area contributed by atoms with Gasteiger partial charge in [-0.3, -0.25) is 0 Å². The van der Waals surface area contributed by atoms with Crippen LogP contribution in [-0.2, 0) is 24.3 Å². The van der Waals surface area contributed by atoms with E-state index in [0.29, 0.717) is 0 Å². The van der Waals surface area contributed by atoms with Gasteiger partial charge in [0.1, 0.15) is 4.90 Å². The van der Waals surface area contributed by atoms with Gasteiger partial charge in [0.15, 0.2) is 0 Å². The van der Waals surface area contributed by atoms with Gasteiger partial charge in [-0.2, -0.15) is 4.31 Å². The highest BCUT2D eigenvalue weighted by Gasteiger charge is 2.31. The normalized spacial score (nSPS) is 17.8. The summed E-state index contributed by atoms with van der Waals surface area (Å²) in [5.74, 6) is -1.40. The minimum absolute atomic E-state index is 0.00447. The van der Waals surface area contributed by atoms with Crippen LogP contribution in [-0.4, -0.2) is 50.5 Å². The van der Waals surface area contributed by atoms with Gasteiger partial charge < -0.3 is 9.47 Å². The van der Waals surface area contributed by atoms with Gasteiger partial charge in [0.25, 0.3) is 0 Å². The Morgan fingerprint density at radius 2 is 2.04 bits per heavy atom. The lowest BCUT2D eigenvalue weighted by molar-refractivity contribution is -0.145. The quantitative estimate of drug-likeness (QED) is 0.705. The van der Waals surface area contributed by atoms with Gasteiger partial charge in [0, 0.05) is 19.5 Å². The summed E-state index contributed by atoms with van der Waals surface area (Å²) in [6, 6.07) is 3.84. The Labute approximate surface area is 145 Å². The van der Waals surface area contributed by atoms with E-state index in [1.165, 1.54) is 22.5 Å². The molecule has 0 amide bonds. The van der Waals surface area contributed by atoms with Crippen molar-refractivity contribution in [2.24, 2.45) is 0 Å². The molecule has 0 spiro atoms. The summed E-state index contributed by atoms with van der Waals surface area (Å²) in [6.45, 7) is 4.16. The van der Waals surface area contributed by atoms with Crippen LogP contribution in [0.2, 0.25) is 5.02 Å². The summed E-state index contributed by atoms with van der Waals surface area (Å²) in [5.41, 5.74) is 0.00447. The first-order valence-corrected chi connectivity index (χ1v) is 9.30. The fourth-order valence-electron chi connectivity index (χ4n) is 2.31. The number of rotatable bonds is 6. The maximum atomic E-state index is 12.6. The molecule has 9 heteroatoms. The Hall–Kier alpha value is -1.64. The molecular formula is C15H18ClNO6S. The smallest absolute Gasteiger partial charge is 0.347 e. The van der Waals surface area contributed by atoms with E-state index in [1.54, 1.807) is 13.8 Å². The molecule has 24 heavy (non-hydrogen) atoms. The zero-order valence-electron chi connectivity index (χ0n) is 13.3. The third kappa shape index (κ3) is 3.71. The van der Waals surface area contributed by atoms with Crippen molar-refractivity contribution in [3.8, 4) is 0 Å². The van der Waals surface area contributed by atoms with Crippen molar-refractivity contribution in [3.63, 3.8) is 0 Å². The van der Waals surface area contributed by atoms with Crippen LogP contribution in [0.25, 0.3) is 0 Å². The molecule has 1 heterocycles. The summed E-state index contributed by atoms with van der Waals surface area (Å²) in [6.07, 6.45) is -0.681. The van der Waals surface area contributed by atoms with Crippen LogP contribution in [0.4, 0.5) is 0 Å². The number of ether oxygens (including phenoxy) is 2. The molecule has 0 bridgehead atoms. The molecule has 0 N–H and O–H groups in total. The van der Waals surface area contributed by atoms with E-state index in [1.807, 2.05) is 0 Å². The van der Waals surface area contributed by atoms with Gasteiger partial charge in [-0.1, -0.05) is 25.4 Å². The number of sulfonamides is 1. The van der Waals surface area contributed by atoms with Crippen LogP contribution >= 0.6 is 11.6 Å². The molecule has 1 atom stereocenters. The van der Waals surface area contributed by atoms with Gasteiger partial charge in [0.2, 0.25) is 16.1 Å². The average molecular weight is 376 g/mol. The number of esters is 2. The third-order valence-electron chi connectivity index (χ3n) is 3.63. The lowest BCUT2D eigenvalue weighted by atomic mass is 10.2. The van der Waals surface area contributed by atoms with Gasteiger partial charge in [-0.25, -0.2) is 18.0 Å². The molecule has 1 aliphatic rings. The van der Waals surface area contributed by atoms with Crippen LogP contribution in [0, 0.1) is 0 Å². The first-order chi connectivity index (χ1) is 11.3. The molecule has 0 aliphatic carbocycles. The zero-order chi connectivity index (χ0) is 17.9. The second-order valence-corrected chi connectivity index (χ2v) is 7.40. The molecule has 0 aromatic heterocycles. The molecule has 1 saturated heterocycles. The van der Waals surface area contributed by atoms with Crippen molar-refractivity contribution in [1.29, 1.82) is 0 Å². The highest BCUT2D eigenvalue weighted by Crippen LogP contribution is 2.26. The zero-order valence-corrected chi connectivity index (χ0v) is 14.9. The average Bonchev–Trinajstić information content (AvgIpc) is 2.93. The van der Waals surface area contributed by atoms with Crippen LogP contribution < -0.4 is 0 Å². The van der Waals surface area contributed by atoms with E-state index in [-0.39, 0.29) is 41.6 Å². The number of hydrogen-bond donors (Lipinski definition) is 0. The lowest BCUT2D eigenvalue weighted by Gasteiger charge is -2.19. The second kappa shape index (κ2) is 7.50. The predicted molar refractivity (Wildman–Crippen MR) is 86.3 cm³/mol. The van der Waals surface area contributed by atoms with E-state index in [2.05, 4.69) is 0 Å². The minimum atomic E-state index is -3.82. The Morgan fingerprint density at radius 1 is 1.38 bits per heavy atom. The predicted octanol–water partition coefficient (Wildman–Crippen LogP) is 1.84. The summed E-state index contributed by atoms with van der Waals surface area (Å²) in [5, 5.41) is 0.0127. The van der Waals surface area contributed by atoms with Gasteiger partial charge in [0.05, 0.1) is 17.2 Å². The maximum Gasteiger partial charge on any atom is 0.347 e. The maximum absolute atomic E-state index is 12.6. The van der Waals surface area contributed by atoms with Crippen molar-refractivity contribution in [2.45, 2.75) is 31.3 Å². The fourth-order valence-corrected chi connectivity index (χ4v) is 4.27. The largest absolute Gasteiger partial charge is 0.463 e. The molecule has 1 aromatic carbocycles. The number of nitrogens with zero attached hydrogens (tertiary/aromatic N) is 1. The van der Waals surface area contributed by atoms with Crippen molar-refractivity contribution >= 4 is 33.6 Å². The molecule has 1 fully saturated rings. The molecule has 132 valence electrons. The summed E-state index contributed by atoms with van der Waals surface area (Å²) >= 11 is 6.00. The first-order valence-electron chi connectivity index (χ1n) is 7.48. The van der Waals surface area contributed by atoms with E-state index in [4.69, 9.17) is 21.1 Å². The molecular weight excluding hydrogens is 358 g/mol. The van der Waals surface area contributed by atoms with Crippen LogP contribution in [0.5, 0.6) is 0 Å². The number of carbonyl (C=O) groups is 2. The number of carbonyl (C=O) groups excluding carboxylic acids is 2. The highest BCUT2D eigenvalue weighted by molar-refractivity contribution is 7.89. The Kier molecular flexibility index (Phi) is 5.84. The topological polar surface area (TPSA) is 90.0 Å². The number of hydrogen-bond acceptors (Lipinski definition) is 6. The SMILES string of the molecule is CCN(CC)S(=O)(=O)c1cc(C(=O)OC2CCOC2=O)ccc1Cl. The molecule has 0 saturated carbocycles. The van der Waals surface area contributed by atoms with Crippen molar-refractivity contribution in [3.05, 3.63) is 28.8 Å². The second-order valence-electron chi connectivity index (χ2n) is 5.08.